The molecule has 136 valence electrons. The van der Waals surface area contributed by atoms with Crippen LogP contribution in [0.2, 0.25) is 0 Å². The Morgan fingerprint density at radius 1 is 1.00 bits per heavy atom. The van der Waals surface area contributed by atoms with Gasteiger partial charge in [-0.05, 0) is 36.4 Å². The minimum absolute atomic E-state index is 0.00237. The van der Waals surface area contributed by atoms with Crippen molar-refractivity contribution in [1.82, 2.24) is 19.9 Å². The number of carbonyl (C=O) groups is 1. The molecule has 1 aliphatic heterocycles. The molecule has 1 aliphatic rings. The molecule has 6 nitrogen and oxygen atoms in total. The highest BCUT2D eigenvalue weighted by molar-refractivity contribution is 5.94. The van der Waals surface area contributed by atoms with E-state index in [0.717, 1.165) is 17.1 Å². The van der Waals surface area contributed by atoms with Crippen LogP contribution in [0.15, 0.2) is 61.2 Å². The fourth-order valence-corrected chi connectivity index (χ4v) is 3.11. The predicted molar refractivity (Wildman–Crippen MR) is 99.8 cm³/mol. The van der Waals surface area contributed by atoms with Crippen LogP contribution in [-0.2, 0) is 0 Å². The molecule has 27 heavy (non-hydrogen) atoms. The van der Waals surface area contributed by atoms with Crippen LogP contribution in [0, 0.1) is 5.82 Å². The fourth-order valence-electron chi connectivity index (χ4n) is 3.11. The van der Waals surface area contributed by atoms with Gasteiger partial charge in [0, 0.05) is 50.2 Å². The number of anilines is 1. The molecule has 1 fully saturated rings. The van der Waals surface area contributed by atoms with Gasteiger partial charge in [0.1, 0.15) is 18.0 Å². The quantitative estimate of drug-likeness (QED) is 0.716. The highest BCUT2D eigenvalue weighted by Crippen LogP contribution is 2.22. The lowest BCUT2D eigenvalue weighted by atomic mass is 10.1. The molecule has 0 saturated carbocycles. The Morgan fingerprint density at radius 3 is 2.48 bits per heavy atom. The van der Waals surface area contributed by atoms with E-state index >= 15 is 0 Å². The lowest BCUT2D eigenvalue weighted by Crippen LogP contribution is -2.49. The molecule has 0 radical (unpaired) electrons. The van der Waals surface area contributed by atoms with Crippen molar-refractivity contribution in [2.45, 2.75) is 0 Å². The smallest absolute Gasteiger partial charge is 0.255 e. The number of pyridine rings is 1. The molecule has 7 heteroatoms. The standard InChI is InChI=1S/C20H18FN5O/c21-17-5-3-15(4-6-17)18-12-19(24-14-23-18)25-8-10-26(11-9-25)20(27)16-2-1-7-22-13-16/h1-7,12-14H,8-11H2. The topological polar surface area (TPSA) is 62.2 Å². The number of piperazine rings is 1. The minimum Gasteiger partial charge on any atom is -0.353 e. The Bertz CT molecular complexity index is 925. The minimum atomic E-state index is -0.276. The van der Waals surface area contributed by atoms with Gasteiger partial charge in [-0.2, -0.15) is 0 Å². The molecule has 0 spiro atoms. The molecular weight excluding hydrogens is 345 g/mol. The first-order valence-electron chi connectivity index (χ1n) is 8.73. The van der Waals surface area contributed by atoms with Gasteiger partial charge in [0.05, 0.1) is 11.3 Å². The Morgan fingerprint density at radius 2 is 1.78 bits per heavy atom. The van der Waals surface area contributed by atoms with Gasteiger partial charge < -0.3 is 9.80 Å². The third-order valence-electron chi connectivity index (χ3n) is 4.59. The summed E-state index contributed by atoms with van der Waals surface area (Å²) >= 11 is 0. The Hall–Kier alpha value is -3.35. The molecule has 0 atom stereocenters. The molecule has 0 N–H and O–H groups in total. The zero-order chi connectivity index (χ0) is 18.6. The van der Waals surface area contributed by atoms with Gasteiger partial charge in [-0.3, -0.25) is 9.78 Å². The lowest BCUT2D eigenvalue weighted by Gasteiger charge is -2.35. The van der Waals surface area contributed by atoms with Crippen LogP contribution < -0.4 is 4.90 Å². The van der Waals surface area contributed by atoms with E-state index in [1.807, 2.05) is 11.0 Å². The number of aromatic nitrogens is 3. The third kappa shape index (κ3) is 3.76. The molecule has 1 amide bonds. The van der Waals surface area contributed by atoms with Crippen molar-refractivity contribution in [2.75, 3.05) is 31.1 Å². The zero-order valence-corrected chi connectivity index (χ0v) is 14.6. The zero-order valence-electron chi connectivity index (χ0n) is 14.6. The number of benzene rings is 1. The molecule has 0 aliphatic carbocycles. The summed E-state index contributed by atoms with van der Waals surface area (Å²) in [7, 11) is 0. The van der Waals surface area contributed by atoms with Crippen molar-refractivity contribution in [3.05, 3.63) is 72.6 Å². The summed E-state index contributed by atoms with van der Waals surface area (Å²) in [5.74, 6) is 0.526. The van der Waals surface area contributed by atoms with Crippen LogP contribution in [0.4, 0.5) is 10.2 Å². The average molecular weight is 363 g/mol. The monoisotopic (exact) mass is 363 g/mol. The third-order valence-corrected chi connectivity index (χ3v) is 4.59. The van der Waals surface area contributed by atoms with Crippen LogP contribution in [-0.4, -0.2) is 51.9 Å². The fraction of sp³-hybridized carbons (Fsp3) is 0.200. The van der Waals surface area contributed by atoms with Crippen molar-refractivity contribution < 1.29 is 9.18 Å². The van der Waals surface area contributed by atoms with Crippen LogP contribution in [0.25, 0.3) is 11.3 Å². The predicted octanol–water partition coefficient (Wildman–Crippen LogP) is 2.64. The number of nitrogens with zero attached hydrogens (tertiary/aromatic N) is 5. The van der Waals surface area contributed by atoms with Crippen LogP contribution >= 0.6 is 0 Å². The van der Waals surface area contributed by atoms with Crippen LogP contribution in [0.1, 0.15) is 10.4 Å². The second-order valence-corrected chi connectivity index (χ2v) is 6.29. The summed E-state index contributed by atoms with van der Waals surface area (Å²) in [5, 5.41) is 0. The van der Waals surface area contributed by atoms with Gasteiger partial charge >= 0.3 is 0 Å². The maximum Gasteiger partial charge on any atom is 0.255 e. The van der Waals surface area contributed by atoms with Gasteiger partial charge in [0.25, 0.3) is 5.91 Å². The Balaban J connectivity index is 1.45. The first-order valence-corrected chi connectivity index (χ1v) is 8.73. The summed E-state index contributed by atoms with van der Waals surface area (Å²) in [6.07, 6.45) is 4.76. The summed E-state index contributed by atoms with van der Waals surface area (Å²) in [5.41, 5.74) is 2.19. The number of halogens is 1. The van der Waals surface area contributed by atoms with Crippen LogP contribution in [0.5, 0.6) is 0 Å². The largest absolute Gasteiger partial charge is 0.353 e. The first-order chi connectivity index (χ1) is 13.2. The summed E-state index contributed by atoms with van der Waals surface area (Å²) in [6.45, 7) is 2.60. The Kier molecular flexibility index (Phi) is 4.74. The molecule has 1 aromatic carbocycles. The maximum atomic E-state index is 13.1. The van der Waals surface area contributed by atoms with Gasteiger partial charge in [0.2, 0.25) is 0 Å². The molecular formula is C20H18FN5O. The Labute approximate surface area is 156 Å². The van der Waals surface area contributed by atoms with E-state index in [1.165, 1.54) is 18.5 Å². The normalized spacial score (nSPS) is 14.3. The first kappa shape index (κ1) is 17.1. The van der Waals surface area contributed by atoms with Crippen molar-refractivity contribution in [1.29, 1.82) is 0 Å². The molecule has 4 rings (SSSR count). The van der Waals surface area contributed by atoms with E-state index in [2.05, 4.69) is 19.9 Å². The molecule has 0 unspecified atom stereocenters. The van der Waals surface area contributed by atoms with E-state index in [0.29, 0.717) is 31.7 Å². The highest BCUT2D eigenvalue weighted by atomic mass is 19.1. The van der Waals surface area contributed by atoms with E-state index < -0.39 is 0 Å². The van der Waals surface area contributed by atoms with E-state index in [4.69, 9.17) is 0 Å². The van der Waals surface area contributed by atoms with E-state index in [1.54, 1.807) is 36.7 Å². The van der Waals surface area contributed by atoms with Crippen LogP contribution in [0.3, 0.4) is 0 Å². The number of carbonyl (C=O) groups excluding carboxylic acids is 1. The molecule has 3 aromatic rings. The SMILES string of the molecule is O=C(c1cccnc1)N1CCN(c2cc(-c3ccc(F)cc3)ncn2)CC1. The number of hydrogen-bond acceptors (Lipinski definition) is 5. The van der Waals surface area contributed by atoms with Crippen molar-refractivity contribution in [3.63, 3.8) is 0 Å². The van der Waals surface area contributed by atoms with E-state index in [9.17, 15) is 9.18 Å². The highest BCUT2D eigenvalue weighted by Gasteiger charge is 2.23. The summed E-state index contributed by atoms with van der Waals surface area (Å²) < 4.78 is 13.1. The molecule has 2 aromatic heterocycles. The average Bonchev–Trinajstić information content (AvgIpc) is 2.75. The van der Waals surface area contributed by atoms with Crippen molar-refractivity contribution >= 4 is 11.7 Å². The van der Waals surface area contributed by atoms with Gasteiger partial charge in [-0.15, -0.1) is 0 Å². The number of rotatable bonds is 3. The maximum absolute atomic E-state index is 13.1. The number of hydrogen-bond donors (Lipinski definition) is 0. The van der Waals surface area contributed by atoms with Crippen molar-refractivity contribution in [3.8, 4) is 11.3 Å². The van der Waals surface area contributed by atoms with E-state index in [-0.39, 0.29) is 11.7 Å². The summed E-state index contributed by atoms with van der Waals surface area (Å²) in [6, 6.07) is 11.7. The lowest BCUT2D eigenvalue weighted by molar-refractivity contribution is 0.0746. The molecule has 0 bridgehead atoms. The second-order valence-electron chi connectivity index (χ2n) is 6.29. The summed E-state index contributed by atoms with van der Waals surface area (Å²) in [4.78, 5) is 29.1. The number of amides is 1. The second kappa shape index (κ2) is 7.49. The molecule has 1 saturated heterocycles. The van der Waals surface area contributed by atoms with Crippen molar-refractivity contribution in [2.24, 2.45) is 0 Å². The van der Waals surface area contributed by atoms with Gasteiger partial charge in [-0.1, -0.05) is 0 Å². The van der Waals surface area contributed by atoms with Gasteiger partial charge in [0.15, 0.2) is 0 Å². The van der Waals surface area contributed by atoms with Gasteiger partial charge in [-0.25, -0.2) is 14.4 Å². The molecule has 3 heterocycles.